The van der Waals surface area contributed by atoms with E-state index < -0.39 is 23.0 Å². The third-order valence-electron chi connectivity index (χ3n) is 5.07. The van der Waals surface area contributed by atoms with Crippen molar-refractivity contribution in [2.24, 2.45) is 0 Å². The molecule has 32 heavy (non-hydrogen) atoms. The molecule has 0 aliphatic rings. The molecular weight excluding hydrogens is 420 g/mol. The average Bonchev–Trinajstić information content (AvgIpc) is 3.21. The Kier molecular flexibility index (Phi) is 5.40. The van der Waals surface area contributed by atoms with Crippen molar-refractivity contribution in [1.82, 2.24) is 4.98 Å². The first-order valence-corrected chi connectivity index (χ1v) is 9.50. The van der Waals surface area contributed by atoms with E-state index in [-0.39, 0.29) is 22.8 Å². The standard InChI is InChI=1S/C23H19F2N3O4/c1-11-13(26)5-4-6-14(11)28-19-8-12-7-17(32-18(12)10-27-19)23(29)20-21(24)15(30-2)9-16(31-3)22(20)25/h4-10H,26H2,1-3H3,(H,27,28). The molecule has 9 heteroatoms. The van der Waals surface area contributed by atoms with Crippen LogP contribution < -0.4 is 20.5 Å². The zero-order valence-electron chi connectivity index (χ0n) is 17.5. The molecule has 0 saturated carbocycles. The zero-order valence-corrected chi connectivity index (χ0v) is 17.5. The summed E-state index contributed by atoms with van der Waals surface area (Å²) in [5, 5.41) is 3.67. The number of ketones is 1. The van der Waals surface area contributed by atoms with E-state index in [1.54, 1.807) is 12.1 Å². The number of carbonyl (C=O) groups is 1. The van der Waals surface area contributed by atoms with Crippen LogP contribution in [0.3, 0.4) is 0 Å². The molecule has 4 rings (SSSR count). The molecule has 2 aromatic carbocycles. The van der Waals surface area contributed by atoms with Crippen molar-refractivity contribution >= 4 is 33.9 Å². The molecular formula is C23H19F2N3O4. The number of benzene rings is 2. The Balaban J connectivity index is 1.72. The van der Waals surface area contributed by atoms with Gasteiger partial charge in [0.05, 0.1) is 20.4 Å². The summed E-state index contributed by atoms with van der Waals surface area (Å²) in [5.74, 6) is -3.71. The van der Waals surface area contributed by atoms with Crippen molar-refractivity contribution in [3.05, 3.63) is 71.1 Å². The summed E-state index contributed by atoms with van der Waals surface area (Å²) in [4.78, 5) is 17.2. The molecule has 0 radical (unpaired) electrons. The van der Waals surface area contributed by atoms with Gasteiger partial charge in [-0.05, 0) is 36.8 Å². The van der Waals surface area contributed by atoms with E-state index in [1.807, 2.05) is 19.1 Å². The Labute approximate surface area is 181 Å². The molecule has 0 amide bonds. The first-order valence-electron chi connectivity index (χ1n) is 9.50. The number of methoxy groups -OCH3 is 2. The van der Waals surface area contributed by atoms with Crippen molar-refractivity contribution < 1.29 is 27.5 Å². The molecule has 3 N–H and O–H groups in total. The van der Waals surface area contributed by atoms with Crippen LogP contribution in [0.25, 0.3) is 11.0 Å². The summed E-state index contributed by atoms with van der Waals surface area (Å²) in [6, 6.07) is 9.52. The molecule has 164 valence electrons. The lowest BCUT2D eigenvalue weighted by Gasteiger charge is -2.10. The SMILES string of the molecule is COc1cc(OC)c(F)c(C(=O)c2cc3cc(Nc4cccc(N)c4C)ncc3o2)c1F. The molecule has 0 aliphatic carbocycles. The van der Waals surface area contributed by atoms with Gasteiger partial charge in [0.25, 0.3) is 0 Å². The molecule has 0 saturated heterocycles. The minimum atomic E-state index is -1.14. The maximum Gasteiger partial charge on any atom is 0.234 e. The van der Waals surface area contributed by atoms with Crippen LogP contribution in [0.5, 0.6) is 11.5 Å². The van der Waals surface area contributed by atoms with Crippen LogP contribution in [0.1, 0.15) is 21.7 Å². The number of rotatable bonds is 6. The molecule has 2 heterocycles. The van der Waals surface area contributed by atoms with Crippen LogP contribution in [0, 0.1) is 18.6 Å². The average molecular weight is 439 g/mol. The molecule has 0 fully saturated rings. The lowest BCUT2D eigenvalue weighted by Crippen LogP contribution is -2.09. The predicted molar refractivity (Wildman–Crippen MR) is 116 cm³/mol. The van der Waals surface area contributed by atoms with Crippen molar-refractivity contribution in [3.63, 3.8) is 0 Å². The van der Waals surface area contributed by atoms with Crippen LogP contribution in [-0.2, 0) is 0 Å². The largest absolute Gasteiger partial charge is 0.494 e. The predicted octanol–water partition coefficient (Wildman–Crippen LogP) is 4.99. The second-order valence-electron chi connectivity index (χ2n) is 6.98. The van der Waals surface area contributed by atoms with Crippen molar-refractivity contribution in [1.29, 1.82) is 0 Å². The normalized spacial score (nSPS) is 10.9. The lowest BCUT2D eigenvalue weighted by atomic mass is 10.1. The maximum atomic E-state index is 14.7. The minimum Gasteiger partial charge on any atom is -0.494 e. The highest BCUT2D eigenvalue weighted by atomic mass is 19.1. The van der Waals surface area contributed by atoms with E-state index in [9.17, 15) is 13.6 Å². The fraction of sp³-hybridized carbons (Fsp3) is 0.130. The number of pyridine rings is 1. The van der Waals surface area contributed by atoms with Crippen LogP contribution in [0.2, 0.25) is 0 Å². The molecule has 2 aromatic heterocycles. The number of nitrogens with two attached hydrogens (primary N) is 1. The van der Waals surface area contributed by atoms with Crippen LogP contribution in [-0.4, -0.2) is 25.0 Å². The third kappa shape index (κ3) is 3.58. The first kappa shape index (κ1) is 21.1. The van der Waals surface area contributed by atoms with Crippen LogP contribution >= 0.6 is 0 Å². The van der Waals surface area contributed by atoms with Crippen molar-refractivity contribution in [2.45, 2.75) is 6.92 Å². The quantitative estimate of drug-likeness (QED) is 0.323. The fourth-order valence-electron chi connectivity index (χ4n) is 3.26. The highest BCUT2D eigenvalue weighted by Crippen LogP contribution is 2.34. The highest BCUT2D eigenvalue weighted by Gasteiger charge is 2.28. The smallest absolute Gasteiger partial charge is 0.234 e. The van der Waals surface area contributed by atoms with Gasteiger partial charge in [-0.1, -0.05) is 6.07 Å². The van der Waals surface area contributed by atoms with Gasteiger partial charge in [-0.2, -0.15) is 0 Å². The van der Waals surface area contributed by atoms with E-state index >= 15 is 0 Å². The Hall–Kier alpha value is -4.14. The second kappa shape index (κ2) is 8.18. The monoisotopic (exact) mass is 439 g/mol. The van der Waals surface area contributed by atoms with Gasteiger partial charge in [-0.15, -0.1) is 0 Å². The summed E-state index contributed by atoms with van der Waals surface area (Å²) in [5.41, 5.74) is 7.63. The number of furan rings is 1. The van der Waals surface area contributed by atoms with Gasteiger partial charge < -0.3 is 24.9 Å². The number of anilines is 3. The summed E-state index contributed by atoms with van der Waals surface area (Å²) in [6.45, 7) is 1.87. The molecule has 0 unspecified atom stereocenters. The van der Waals surface area contributed by atoms with E-state index in [1.165, 1.54) is 26.5 Å². The Morgan fingerprint density at radius 1 is 1.09 bits per heavy atom. The second-order valence-corrected chi connectivity index (χ2v) is 6.98. The van der Waals surface area contributed by atoms with Gasteiger partial charge in [0.2, 0.25) is 5.78 Å². The first-order chi connectivity index (χ1) is 15.3. The summed E-state index contributed by atoms with van der Waals surface area (Å²) in [6.07, 6.45) is 1.41. The molecule has 0 bridgehead atoms. The number of hydrogen-bond donors (Lipinski definition) is 2. The van der Waals surface area contributed by atoms with Gasteiger partial charge in [0.1, 0.15) is 11.4 Å². The Morgan fingerprint density at radius 3 is 2.44 bits per heavy atom. The topological polar surface area (TPSA) is 99.6 Å². The van der Waals surface area contributed by atoms with Gasteiger partial charge in [0.15, 0.2) is 34.5 Å². The third-order valence-corrected chi connectivity index (χ3v) is 5.07. The number of aromatic nitrogens is 1. The van der Waals surface area contributed by atoms with E-state index in [0.717, 1.165) is 17.3 Å². The maximum absolute atomic E-state index is 14.7. The zero-order chi connectivity index (χ0) is 23.0. The number of nitrogens with zero attached hydrogens (tertiary/aromatic N) is 1. The number of hydrogen-bond acceptors (Lipinski definition) is 7. The number of carbonyl (C=O) groups excluding carboxylic acids is 1. The number of nitrogens with one attached hydrogen (secondary N) is 1. The van der Waals surface area contributed by atoms with Gasteiger partial charge >= 0.3 is 0 Å². The van der Waals surface area contributed by atoms with E-state index in [4.69, 9.17) is 19.6 Å². The molecule has 0 aliphatic heterocycles. The molecule has 7 nitrogen and oxygen atoms in total. The van der Waals surface area contributed by atoms with E-state index in [2.05, 4.69) is 10.3 Å². The Morgan fingerprint density at radius 2 is 1.78 bits per heavy atom. The number of ether oxygens (including phenoxy) is 2. The summed E-state index contributed by atoms with van der Waals surface area (Å²) < 4.78 is 44.7. The minimum absolute atomic E-state index is 0.257. The molecule has 0 atom stereocenters. The number of nitrogen functional groups attached to an aromatic ring is 1. The summed E-state index contributed by atoms with van der Waals surface area (Å²) >= 11 is 0. The van der Waals surface area contributed by atoms with Gasteiger partial charge in [0, 0.05) is 22.8 Å². The van der Waals surface area contributed by atoms with Crippen LogP contribution in [0.4, 0.5) is 26.0 Å². The van der Waals surface area contributed by atoms with Crippen molar-refractivity contribution in [3.8, 4) is 11.5 Å². The number of halogens is 2. The fourth-order valence-corrected chi connectivity index (χ4v) is 3.26. The van der Waals surface area contributed by atoms with Gasteiger partial charge in [-0.3, -0.25) is 4.79 Å². The summed E-state index contributed by atoms with van der Waals surface area (Å²) in [7, 11) is 2.40. The van der Waals surface area contributed by atoms with Gasteiger partial charge in [-0.25, -0.2) is 13.8 Å². The molecule has 0 spiro atoms. The van der Waals surface area contributed by atoms with E-state index in [0.29, 0.717) is 16.9 Å². The Bertz CT molecular complexity index is 1320. The number of fused-ring (bicyclic) bond motifs is 1. The van der Waals surface area contributed by atoms with Crippen LogP contribution in [0.15, 0.2) is 47.0 Å². The highest BCUT2D eigenvalue weighted by molar-refractivity contribution is 6.10. The molecule has 4 aromatic rings. The van der Waals surface area contributed by atoms with Crippen molar-refractivity contribution in [2.75, 3.05) is 25.3 Å². The lowest BCUT2D eigenvalue weighted by molar-refractivity contribution is 0.100.